The van der Waals surface area contributed by atoms with E-state index < -0.39 is 5.91 Å². The molecule has 1 fully saturated rings. The molecule has 30 heavy (non-hydrogen) atoms. The zero-order chi connectivity index (χ0) is 21.1. The molecule has 3 amide bonds. The molecule has 0 atom stereocenters. The highest BCUT2D eigenvalue weighted by molar-refractivity contribution is 6.10. The average Bonchev–Trinajstić information content (AvgIpc) is 3.35. The number of ketones is 1. The fourth-order valence-corrected chi connectivity index (χ4v) is 3.00. The Hall–Kier alpha value is -4.14. The molecule has 4 rings (SSSR count). The summed E-state index contributed by atoms with van der Waals surface area (Å²) in [4.78, 5) is 49.1. The molecule has 150 valence electrons. The van der Waals surface area contributed by atoms with Gasteiger partial charge in [-0.25, -0.2) is 0 Å². The van der Waals surface area contributed by atoms with Crippen molar-refractivity contribution in [1.29, 1.82) is 0 Å². The fraction of sp³-hybridized carbons (Fsp3) is 0.143. The number of nitrogens with zero attached hydrogens (tertiary/aromatic N) is 3. The van der Waals surface area contributed by atoms with Gasteiger partial charge in [0.25, 0.3) is 5.91 Å². The molecule has 2 heterocycles. The molecule has 3 aromatic rings. The second-order valence-corrected chi connectivity index (χ2v) is 6.60. The second kappa shape index (κ2) is 8.08. The van der Waals surface area contributed by atoms with E-state index in [1.54, 1.807) is 36.4 Å². The van der Waals surface area contributed by atoms with E-state index in [0.717, 1.165) is 4.90 Å². The molecular formula is C21H16N4O5. The number of aromatic nitrogens is 2. The van der Waals surface area contributed by atoms with E-state index >= 15 is 0 Å². The van der Waals surface area contributed by atoms with Gasteiger partial charge in [0.15, 0.2) is 5.78 Å². The number of rotatable bonds is 6. The molecule has 0 radical (unpaired) electrons. The van der Waals surface area contributed by atoms with Crippen molar-refractivity contribution < 1.29 is 23.6 Å². The van der Waals surface area contributed by atoms with Gasteiger partial charge in [-0.15, -0.1) is 5.10 Å². The lowest BCUT2D eigenvalue weighted by molar-refractivity contribution is -0.139. The van der Waals surface area contributed by atoms with Crippen LogP contribution in [0.1, 0.15) is 45.0 Å². The number of hydrogen-bond donors (Lipinski definition) is 1. The van der Waals surface area contributed by atoms with Crippen molar-refractivity contribution in [1.82, 2.24) is 15.1 Å². The van der Waals surface area contributed by atoms with Crippen LogP contribution in [0.2, 0.25) is 0 Å². The number of carbonyl (C=O) groups excluding carboxylic acids is 4. The fourth-order valence-electron chi connectivity index (χ4n) is 3.00. The van der Waals surface area contributed by atoms with E-state index in [1.807, 2.05) is 6.07 Å². The van der Waals surface area contributed by atoms with Crippen molar-refractivity contribution in [3.05, 3.63) is 77.2 Å². The molecule has 9 nitrogen and oxygen atoms in total. The minimum Gasteiger partial charge on any atom is -0.406 e. The maximum absolute atomic E-state index is 12.4. The minimum absolute atomic E-state index is 0.0395. The molecule has 1 aliphatic rings. The first-order chi connectivity index (χ1) is 14.5. The van der Waals surface area contributed by atoms with E-state index in [-0.39, 0.29) is 48.9 Å². The van der Waals surface area contributed by atoms with Crippen molar-refractivity contribution in [2.45, 2.75) is 19.4 Å². The summed E-state index contributed by atoms with van der Waals surface area (Å²) in [5.41, 5.74) is 1.31. The summed E-state index contributed by atoms with van der Waals surface area (Å²) in [6, 6.07) is 14.8. The summed E-state index contributed by atoms with van der Waals surface area (Å²) in [6.07, 6.45) is 0.332. The smallest absolute Gasteiger partial charge is 0.322 e. The standard InChI is InChI=1S/C21H16N4O5/c26-17-10-11-18(27)25(17)12-16-23-24-21(30-16)22-20(29)15-8-6-14(7-9-15)19(28)13-4-2-1-3-5-13/h1-9H,10-12H2,(H,22,24,29). The van der Waals surface area contributed by atoms with Crippen LogP contribution in [0.5, 0.6) is 0 Å². The third kappa shape index (κ3) is 4.00. The molecule has 0 saturated carbocycles. The topological polar surface area (TPSA) is 122 Å². The summed E-state index contributed by atoms with van der Waals surface area (Å²) in [7, 11) is 0. The van der Waals surface area contributed by atoms with Crippen LogP contribution in [-0.2, 0) is 16.1 Å². The number of imide groups is 1. The van der Waals surface area contributed by atoms with Crippen LogP contribution < -0.4 is 5.32 Å². The van der Waals surface area contributed by atoms with Crippen LogP contribution in [0.25, 0.3) is 0 Å². The third-order valence-electron chi connectivity index (χ3n) is 4.58. The van der Waals surface area contributed by atoms with Crippen LogP contribution in [0.3, 0.4) is 0 Å². The summed E-state index contributed by atoms with van der Waals surface area (Å²) >= 11 is 0. The van der Waals surface area contributed by atoms with Crippen molar-refractivity contribution in [2.75, 3.05) is 5.32 Å². The predicted molar refractivity (Wildman–Crippen MR) is 103 cm³/mol. The predicted octanol–water partition coefficient (Wildman–Crippen LogP) is 2.20. The average molecular weight is 404 g/mol. The van der Waals surface area contributed by atoms with Crippen LogP contribution in [-0.4, -0.2) is 38.6 Å². The van der Waals surface area contributed by atoms with Gasteiger partial charge in [-0.2, -0.15) is 0 Å². The van der Waals surface area contributed by atoms with Gasteiger partial charge >= 0.3 is 6.01 Å². The zero-order valence-electron chi connectivity index (χ0n) is 15.7. The Balaban J connectivity index is 1.40. The minimum atomic E-state index is -0.503. The molecule has 0 bridgehead atoms. The van der Waals surface area contributed by atoms with Crippen LogP contribution >= 0.6 is 0 Å². The Morgan fingerprint density at radius 2 is 1.47 bits per heavy atom. The lowest BCUT2D eigenvalue weighted by Crippen LogP contribution is -2.28. The quantitative estimate of drug-likeness (QED) is 0.493. The summed E-state index contributed by atoms with van der Waals surface area (Å²) in [5, 5.41) is 9.91. The van der Waals surface area contributed by atoms with Crippen molar-refractivity contribution in [3.63, 3.8) is 0 Å². The van der Waals surface area contributed by atoms with Crippen LogP contribution in [0, 0.1) is 0 Å². The first-order valence-corrected chi connectivity index (χ1v) is 9.18. The zero-order valence-corrected chi connectivity index (χ0v) is 15.7. The number of benzene rings is 2. The number of hydrogen-bond acceptors (Lipinski definition) is 7. The van der Waals surface area contributed by atoms with Crippen molar-refractivity contribution >= 4 is 29.5 Å². The van der Waals surface area contributed by atoms with E-state index in [0.29, 0.717) is 16.7 Å². The van der Waals surface area contributed by atoms with E-state index in [2.05, 4.69) is 15.5 Å². The molecule has 1 saturated heterocycles. The Kier molecular flexibility index (Phi) is 5.17. The Bertz CT molecular complexity index is 1110. The van der Waals surface area contributed by atoms with E-state index in [9.17, 15) is 19.2 Å². The number of nitrogens with one attached hydrogen (secondary N) is 1. The highest BCUT2D eigenvalue weighted by Gasteiger charge is 2.30. The molecular weight excluding hydrogens is 388 g/mol. The van der Waals surface area contributed by atoms with E-state index in [4.69, 9.17) is 4.42 Å². The van der Waals surface area contributed by atoms with Gasteiger partial charge < -0.3 is 4.42 Å². The second-order valence-electron chi connectivity index (χ2n) is 6.60. The largest absolute Gasteiger partial charge is 0.406 e. The van der Waals surface area contributed by atoms with Crippen molar-refractivity contribution in [3.8, 4) is 0 Å². The highest BCUT2D eigenvalue weighted by Crippen LogP contribution is 2.17. The van der Waals surface area contributed by atoms with Crippen molar-refractivity contribution in [2.24, 2.45) is 0 Å². The van der Waals surface area contributed by atoms with Gasteiger partial charge in [-0.05, 0) is 12.1 Å². The van der Waals surface area contributed by atoms with Gasteiger partial charge in [0.05, 0.1) is 0 Å². The summed E-state index contributed by atoms with van der Waals surface area (Å²) in [5.74, 6) is -1.20. The maximum Gasteiger partial charge on any atom is 0.322 e. The summed E-state index contributed by atoms with van der Waals surface area (Å²) < 4.78 is 5.30. The molecule has 0 spiro atoms. The Morgan fingerprint density at radius 3 is 2.13 bits per heavy atom. The molecule has 0 aliphatic carbocycles. The molecule has 1 aromatic heterocycles. The van der Waals surface area contributed by atoms with Crippen LogP contribution in [0.15, 0.2) is 59.0 Å². The molecule has 0 unspecified atom stereocenters. The maximum atomic E-state index is 12.4. The number of amides is 3. The lowest BCUT2D eigenvalue weighted by Gasteiger charge is -2.09. The monoisotopic (exact) mass is 404 g/mol. The van der Waals surface area contributed by atoms with Gasteiger partial charge in [-0.3, -0.25) is 29.4 Å². The first kappa shape index (κ1) is 19.2. The summed E-state index contributed by atoms with van der Waals surface area (Å²) in [6.45, 7) is -0.128. The number of likely N-dealkylation sites (tertiary alicyclic amines) is 1. The Morgan fingerprint density at radius 1 is 0.867 bits per heavy atom. The highest BCUT2D eigenvalue weighted by atomic mass is 16.4. The van der Waals surface area contributed by atoms with Gasteiger partial charge in [0, 0.05) is 29.5 Å². The first-order valence-electron chi connectivity index (χ1n) is 9.18. The molecule has 1 N–H and O–H groups in total. The lowest BCUT2D eigenvalue weighted by atomic mass is 10.0. The SMILES string of the molecule is O=C(Nc1nnc(CN2C(=O)CCC2=O)o1)c1ccc(C(=O)c2ccccc2)cc1. The molecule has 1 aliphatic heterocycles. The van der Waals surface area contributed by atoms with E-state index in [1.165, 1.54) is 12.1 Å². The molecule has 9 heteroatoms. The normalized spacial score (nSPS) is 13.5. The van der Waals surface area contributed by atoms with Gasteiger partial charge in [0.2, 0.25) is 17.7 Å². The third-order valence-corrected chi connectivity index (χ3v) is 4.58. The van der Waals surface area contributed by atoms with Gasteiger partial charge in [-0.1, -0.05) is 47.6 Å². The number of carbonyl (C=O) groups is 4. The molecule has 2 aromatic carbocycles. The van der Waals surface area contributed by atoms with Gasteiger partial charge in [0.1, 0.15) is 6.54 Å². The van der Waals surface area contributed by atoms with Crippen LogP contribution in [0.4, 0.5) is 6.01 Å². The number of anilines is 1. The Labute approximate surface area is 170 Å².